The minimum absolute atomic E-state index is 0.0117. The molecule has 1 atom stereocenters. The zero-order valence-electron chi connectivity index (χ0n) is 15.1. The minimum atomic E-state index is 0.0117. The van der Waals surface area contributed by atoms with Gasteiger partial charge in [-0.15, -0.1) is 0 Å². The molecule has 1 aromatic rings. The second-order valence-electron chi connectivity index (χ2n) is 6.84. The van der Waals surface area contributed by atoms with Crippen molar-refractivity contribution in [3.63, 3.8) is 0 Å². The number of hydrogen-bond acceptors (Lipinski definition) is 4. The molecule has 0 spiro atoms. The largest absolute Gasteiger partial charge is 0.497 e. The van der Waals surface area contributed by atoms with Gasteiger partial charge in [0, 0.05) is 31.7 Å². The van der Waals surface area contributed by atoms with E-state index < -0.39 is 0 Å². The number of amides is 2. The average Bonchev–Trinajstić information content (AvgIpc) is 2.67. The Bertz CT molecular complexity index is 609. The summed E-state index contributed by atoms with van der Waals surface area (Å²) in [5.41, 5.74) is 0.660. The van der Waals surface area contributed by atoms with E-state index in [1.807, 2.05) is 16.8 Å². The van der Waals surface area contributed by atoms with Crippen LogP contribution in [0, 0.1) is 0 Å². The van der Waals surface area contributed by atoms with Crippen molar-refractivity contribution in [3.05, 3.63) is 29.8 Å². The first-order valence-electron chi connectivity index (χ1n) is 9.02. The maximum absolute atomic E-state index is 12.7. The molecule has 1 aromatic carbocycles. The molecular weight excluding hydrogens is 318 g/mol. The number of nitrogens with zero attached hydrogens (tertiary/aromatic N) is 3. The van der Waals surface area contributed by atoms with E-state index in [4.69, 9.17) is 4.74 Å². The molecule has 0 saturated carbocycles. The van der Waals surface area contributed by atoms with Crippen molar-refractivity contribution in [1.82, 2.24) is 14.7 Å². The highest BCUT2D eigenvalue weighted by Gasteiger charge is 2.32. The molecule has 6 nitrogen and oxygen atoms in total. The van der Waals surface area contributed by atoms with Gasteiger partial charge in [-0.1, -0.05) is 6.42 Å². The van der Waals surface area contributed by atoms with Gasteiger partial charge in [0.15, 0.2) is 0 Å². The van der Waals surface area contributed by atoms with Gasteiger partial charge in [0.1, 0.15) is 5.75 Å². The SMILES string of the molecule is COc1ccc(C(=O)N2CCN(C(=O)[C@H]3CCCCN3C)CC2)cc1. The molecule has 0 unspecified atom stereocenters. The fourth-order valence-electron chi connectivity index (χ4n) is 3.64. The fraction of sp³-hybridized carbons (Fsp3) is 0.579. The summed E-state index contributed by atoms with van der Waals surface area (Å²) in [5.74, 6) is 0.979. The lowest BCUT2D eigenvalue weighted by atomic mass is 10.0. The third kappa shape index (κ3) is 3.95. The normalized spacial score (nSPS) is 21.9. The summed E-state index contributed by atoms with van der Waals surface area (Å²) in [4.78, 5) is 31.3. The molecule has 2 heterocycles. The summed E-state index contributed by atoms with van der Waals surface area (Å²) >= 11 is 0. The van der Waals surface area contributed by atoms with Crippen LogP contribution in [0.25, 0.3) is 0 Å². The number of ether oxygens (including phenoxy) is 1. The van der Waals surface area contributed by atoms with Gasteiger partial charge in [0.2, 0.25) is 5.91 Å². The second kappa shape index (κ2) is 7.87. The Labute approximate surface area is 149 Å². The van der Waals surface area contributed by atoms with E-state index in [-0.39, 0.29) is 17.9 Å². The predicted octanol–water partition coefficient (Wildman–Crippen LogP) is 1.46. The monoisotopic (exact) mass is 345 g/mol. The number of benzene rings is 1. The van der Waals surface area contributed by atoms with Crippen molar-refractivity contribution in [1.29, 1.82) is 0 Å². The van der Waals surface area contributed by atoms with Crippen LogP contribution < -0.4 is 4.74 Å². The first kappa shape index (κ1) is 17.7. The second-order valence-corrected chi connectivity index (χ2v) is 6.84. The van der Waals surface area contributed by atoms with Crippen molar-refractivity contribution >= 4 is 11.8 Å². The molecule has 2 fully saturated rings. The molecule has 25 heavy (non-hydrogen) atoms. The van der Waals surface area contributed by atoms with Gasteiger partial charge < -0.3 is 14.5 Å². The lowest BCUT2D eigenvalue weighted by molar-refractivity contribution is -0.139. The molecule has 6 heteroatoms. The smallest absolute Gasteiger partial charge is 0.253 e. The molecule has 2 amide bonds. The van der Waals surface area contributed by atoms with Crippen molar-refractivity contribution in [2.45, 2.75) is 25.3 Å². The topological polar surface area (TPSA) is 53.1 Å². The number of likely N-dealkylation sites (N-methyl/N-ethyl adjacent to an activating group) is 1. The number of piperidine rings is 1. The van der Waals surface area contributed by atoms with Crippen molar-refractivity contribution in [2.75, 3.05) is 46.9 Å². The van der Waals surface area contributed by atoms with Gasteiger partial charge in [-0.05, 0) is 50.7 Å². The van der Waals surface area contributed by atoms with Crippen molar-refractivity contribution in [2.24, 2.45) is 0 Å². The van der Waals surface area contributed by atoms with Crippen LogP contribution in [-0.4, -0.2) is 79.4 Å². The molecule has 2 aliphatic heterocycles. The Hall–Kier alpha value is -2.08. The summed E-state index contributed by atoms with van der Waals surface area (Å²) < 4.78 is 5.13. The highest BCUT2D eigenvalue weighted by atomic mass is 16.5. The average molecular weight is 345 g/mol. The van der Waals surface area contributed by atoms with Gasteiger partial charge in [0.25, 0.3) is 5.91 Å². The zero-order chi connectivity index (χ0) is 17.8. The Morgan fingerprint density at radius 1 is 0.960 bits per heavy atom. The van der Waals surface area contributed by atoms with Gasteiger partial charge in [-0.25, -0.2) is 0 Å². The molecule has 0 bridgehead atoms. The fourth-order valence-corrected chi connectivity index (χ4v) is 3.64. The summed E-state index contributed by atoms with van der Waals surface area (Å²) in [5, 5.41) is 0. The van der Waals surface area contributed by atoms with E-state index in [0.29, 0.717) is 31.7 Å². The third-order valence-corrected chi connectivity index (χ3v) is 5.27. The van der Waals surface area contributed by atoms with Crippen molar-refractivity contribution in [3.8, 4) is 5.75 Å². The Balaban J connectivity index is 1.55. The summed E-state index contributed by atoms with van der Waals surface area (Å²) in [7, 11) is 3.64. The number of likely N-dealkylation sites (tertiary alicyclic amines) is 1. The summed E-state index contributed by atoms with van der Waals surface area (Å²) in [6.07, 6.45) is 3.24. The molecule has 0 aliphatic carbocycles. The molecule has 0 N–H and O–H groups in total. The van der Waals surface area contributed by atoms with E-state index in [1.165, 1.54) is 6.42 Å². The highest BCUT2D eigenvalue weighted by Crippen LogP contribution is 2.19. The highest BCUT2D eigenvalue weighted by molar-refractivity contribution is 5.94. The number of hydrogen-bond donors (Lipinski definition) is 0. The lowest BCUT2D eigenvalue weighted by Gasteiger charge is -2.39. The van der Waals surface area contributed by atoms with Crippen LogP contribution >= 0.6 is 0 Å². The summed E-state index contributed by atoms with van der Waals surface area (Å²) in [6, 6.07) is 7.18. The third-order valence-electron chi connectivity index (χ3n) is 5.27. The number of carbonyl (C=O) groups is 2. The van der Waals surface area contributed by atoms with Gasteiger partial charge in [0.05, 0.1) is 13.2 Å². The Kier molecular flexibility index (Phi) is 5.58. The first-order chi connectivity index (χ1) is 12.1. The quantitative estimate of drug-likeness (QED) is 0.832. The molecule has 2 aliphatic rings. The minimum Gasteiger partial charge on any atom is -0.497 e. The number of piperazine rings is 1. The Morgan fingerprint density at radius 3 is 2.20 bits per heavy atom. The van der Waals surface area contributed by atoms with Crippen LogP contribution in [0.4, 0.5) is 0 Å². The van der Waals surface area contributed by atoms with E-state index in [1.54, 1.807) is 31.4 Å². The van der Waals surface area contributed by atoms with E-state index in [2.05, 4.69) is 4.90 Å². The van der Waals surface area contributed by atoms with Crippen LogP contribution in [0.2, 0.25) is 0 Å². The number of carbonyl (C=O) groups excluding carboxylic acids is 2. The molecule has 0 radical (unpaired) electrons. The van der Waals surface area contributed by atoms with E-state index >= 15 is 0 Å². The maximum Gasteiger partial charge on any atom is 0.253 e. The first-order valence-corrected chi connectivity index (χ1v) is 9.02. The lowest BCUT2D eigenvalue weighted by Crippen LogP contribution is -2.56. The molecule has 2 saturated heterocycles. The van der Waals surface area contributed by atoms with Crippen molar-refractivity contribution < 1.29 is 14.3 Å². The molecular formula is C19H27N3O3. The predicted molar refractivity (Wildman–Crippen MR) is 95.7 cm³/mol. The summed E-state index contributed by atoms with van der Waals surface area (Å²) in [6.45, 7) is 3.41. The number of rotatable bonds is 3. The van der Waals surface area contributed by atoms with Gasteiger partial charge >= 0.3 is 0 Å². The molecule has 3 rings (SSSR count). The van der Waals surface area contributed by atoms with Gasteiger partial charge in [-0.2, -0.15) is 0 Å². The maximum atomic E-state index is 12.7. The molecule has 136 valence electrons. The van der Waals surface area contributed by atoms with Crippen LogP contribution in [-0.2, 0) is 4.79 Å². The number of methoxy groups -OCH3 is 1. The zero-order valence-corrected chi connectivity index (χ0v) is 15.1. The van der Waals surface area contributed by atoms with Gasteiger partial charge in [-0.3, -0.25) is 14.5 Å². The Morgan fingerprint density at radius 2 is 1.60 bits per heavy atom. The molecule has 0 aromatic heterocycles. The van der Waals surface area contributed by atoms with Crippen LogP contribution in [0.3, 0.4) is 0 Å². The standard InChI is InChI=1S/C19H27N3O3/c1-20-10-4-3-5-17(20)19(24)22-13-11-21(12-14-22)18(23)15-6-8-16(25-2)9-7-15/h6-9,17H,3-5,10-14H2,1-2H3/t17-/m1/s1. The van der Waals surface area contributed by atoms with Crippen LogP contribution in [0.5, 0.6) is 5.75 Å². The van der Waals surface area contributed by atoms with Crippen LogP contribution in [0.15, 0.2) is 24.3 Å². The van der Waals surface area contributed by atoms with E-state index in [9.17, 15) is 9.59 Å². The van der Waals surface area contributed by atoms with Crippen LogP contribution in [0.1, 0.15) is 29.6 Å². The van der Waals surface area contributed by atoms with E-state index in [0.717, 1.165) is 25.1 Å².